The Hall–Kier alpha value is -5.86. The summed E-state index contributed by atoms with van der Waals surface area (Å²) in [5.74, 6) is 0. The van der Waals surface area contributed by atoms with Crippen molar-refractivity contribution >= 4 is 33.2 Å². The number of para-hydroxylation sites is 2. The molecule has 8 aromatic rings. The minimum Gasteiger partial charge on any atom is -0.355 e. The summed E-state index contributed by atoms with van der Waals surface area (Å²) in [4.78, 5) is 0. The molecule has 0 amide bonds. The molecule has 1 aromatic heterocycles. The third-order valence-electron chi connectivity index (χ3n) is 9.45. The molecule has 0 aliphatic heterocycles. The normalized spacial score (nSPS) is 13.1. The number of hydrogen-bond donors (Lipinski definition) is 1. The smallest absolute Gasteiger partial charge is 0.0713 e. The van der Waals surface area contributed by atoms with Crippen molar-refractivity contribution in [2.45, 2.75) is 5.41 Å². The standard InChI is InChI=1S/C43H30N2/c1-3-13-30(14-4-1)43(39-20-10-7-17-35(39)36-18-8-11-21-40(36)43)31-23-25-32(26-24-31)44-33-27-28-38-37-19-9-12-22-41(37)45(42(38)29-33)34-15-5-2-6-16-34/h1-29,44H. The fourth-order valence-corrected chi connectivity index (χ4v) is 7.59. The van der Waals surface area contributed by atoms with Gasteiger partial charge in [-0.1, -0.05) is 133 Å². The van der Waals surface area contributed by atoms with Gasteiger partial charge in [0.05, 0.1) is 16.4 Å². The summed E-state index contributed by atoms with van der Waals surface area (Å²) < 4.78 is 2.36. The molecule has 212 valence electrons. The number of fused-ring (bicyclic) bond motifs is 6. The van der Waals surface area contributed by atoms with Crippen molar-refractivity contribution in [3.8, 4) is 16.8 Å². The molecular weight excluding hydrogens is 544 g/mol. The molecule has 0 saturated heterocycles. The van der Waals surface area contributed by atoms with E-state index in [0.29, 0.717) is 0 Å². The molecule has 7 aromatic carbocycles. The Morgan fingerprint density at radius 1 is 0.400 bits per heavy atom. The van der Waals surface area contributed by atoms with Gasteiger partial charge in [0.2, 0.25) is 0 Å². The molecule has 9 rings (SSSR count). The fourth-order valence-electron chi connectivity index (χ4n) is 7.59. The predicted molar refractivity (Wildman–Crippen MR) is 188 cm³/mol. The van der Waals surface area contributed by atoms with Gasteiger partial charge in [-0.3, -0.25) is 0 Å². The molecule has 45 heavy (non-hydrogen) atoms. The van der Waals surface area contributed by atoms with E-state index in [1.165, 1.54) is 55.2 Å². The maximum atomic E-state index is 3.71. The first-order chi connectivity index (χ1) is 22.3. The van der Waals surface area contributed by atoms with Crippen LogP contribution in [0.15, 0.2) is 176 Å². The molecule has 0 radical (unpaired) electrons. The van der Waals surface area contributed by atoms with Crippen LogP contribution in [0.4, 0.5) is 11.4 Å². The first kappa shape index (κ1) is 25.6. The Morgan fingerprint density at radius 2 is 0.933 bits per heavy atom. The Balaban J connectivity index is 1.15. The van der Waals surface area contributed by atoms with E-state index in [0.717, 1.165) is 17.1 Å². The van der Waals surface area contributed by atoms with Crippen LogP contribution in [0.5, 0.6) is 0 Å². The molecule has 2 nitrogen and oxygen atoms in total. The number of hydrogen-bond acceptors (Lipinski definition) is 1. The summed E-state index contributed by atoms with van der Waals surface area (Å²) in [6, 6.07) is 63.7. The van der Waals surface area contributed by atoms with Crippen LogP contribution < -0.4 is 5.32 Å². The highest BCUT2D eigenvalue weighted by Crippen LogP contribution is 2.56. The molecule has 0 atom stereocenters. The van der Waals surface area contributed by atoms with Gasteiger partial charge in [0, 0.05) is 27.8 Å². The molecule has 1 N–H and O–H groups in total. The van der Waals surface area contributed by atoms with E-state index >= 15 is 0 Å². The number of aromatic nitrogens is 1. The maximum absolute atomic E-state index is 3.71. The largest absolute Gasteiger partial charge is 0.355 e. The summed E-state index contributed by atoms with van der Waals surface area (Å²) in [6.07, 6.45) is 0. The SMILES string of the molecule is c1ccc(-n2c3ccccc3c3ccc(Nc4ccc(C5(c6ccccc6)c6ccccc6-c6ccccc65)cc4)cc32)cc1. The van der Waals surface area contributed by atoms with Gasteiger partial charge in [-0.15, -0.1) is 0 Å². The fraction of sp³-hybridized carbons (Fsp3) is 0.0233. The highest BCUT2D eigenvalue weighted by molar-refractivity contribution is 6.10. The Labute approximate surface area is 262 Å². The maximum Gasteiger partial charge on any atom is 0.0713 e. The van der Waals surface area contributed by atoms with Crippen molar-refractivity contribution in [3.63, 3.8) is 0 Å². The molecule has 0 bridgehead atoms. The lowest BCUT2D eigenvalue weighted by atomic mass is 9.68. The highest BCUT2D eigenvalue weighted by Gasteiger charge is 2.45. The zero-order valence-electron chi connectivity index (χ0n) is 24.7. The predicted octanol–water partition coefficient (Wildman–Crippen LogP) is 10.9. The van der Waals surface area contributed by atoms with Crippen molar-refractivity contribution in [2.24, 2.45) is 0 Å². The van der Waals surface area contributed by atoms with Crippen LogP contribution in [0.1, 0.15) is 22.3 Å². The topological polar surface area (TPSA) is 17.0 Å². The minimum absolute atomic E-state index is 0.386. The van der Waals surface area contributed by atoms with Gasteiger partial charge in [-0.25, -0.2) is 0 Å². The Morgan fingerprint density at radius 3 is 1.64 bits per heavy atom. The first-order valence-corrected chi connectivity index (χ1v) is 15.5. The second-order valence-corrected chi connectivity index (χ2v) is 11.8. The molecule has 1 heterocycles. The lowest BCUT2D eigenvalue weighted by molar-refractivity contribution is 0.768. The van der Waals surface area contributed by atoms with Gasteiger partial charge in [0.25, 0.3) is 0 Å². The van der Waals surface area contributed by atoms with Crippen LogP contribution in [-0.2, 0) is 5.41 Å². The molecule has 2 heteroatoms. The minimum atomic E-state index is -0.386. The van der Waals surface area contributed by atoms with Crippen molar-refractivity contribution in [3.05, 3.63) is 198 Å². The summed E-state index contributed by atoms with van der Waals surface area (Å²) in [6.45, 7) is 0. The second kappa shape index (κ2) is 10.1. The van der Waals surface area contributed by atoms with Gasteiger partial charge in [0.1, 0.15) is 0 Å². The second-order valence-electron chi connectivity index (χ2n) is 11.8. The van der Waals surface area contributed by atoms with Gasteiger partial charge >= 0.3 is 0 Å². The number of benzene rings is 7. The Bertz CT molecular complexity index is 2290. The van der Waals surface area contributed by atoms with Gasteiger partial charge in [-0.05, 0) is 75.8 Å². The van der Waals surface area contributed by atoms with E-state index in [-0.39, 0.29) is 5.41 Å². The zero-order valence-corrected chi connectivity index (χ0v) is 24.7. The Kier molecular flexibility index (Phi) is 5.76. The molecule has 0 unspecified atom stereocenters. The van der Waals surface area contributed by atoms with Crippen LogP contribution in [0.3, 0.4) is 0 Å². The first-order valence-electron chi connectivity index (χ1n) is 15.5. The molecule has 1 aliphatic carbocycles. The number of nitrogens with one attached hydrogen (secondary N) is 1. The van der Waals surface area contributed by atoms with Gasteiger partial charge in [-0.2, -0.15) is 0 Å². The van der Waals surface area contributed by atoms with E-state index in [1.807, 2.05) is 0 Å². The summed E-state index contributed by atoms with van der Waals surface area (Å²) in [5.41, 5.74) is 13.1. The number of anilines is 2. The number of nitrogens with zero attached hydrogens (tertiary/aromatic N) is 1. The molecular formula is C43H30N2. The van der Waals surface area contributed by atoms with E-state index in [2.05, 4.69) is 186 Å². The average Bonchev–Trinajstić information content (AvgIpc) is 3.60. The lowest BCUT2D eigenvalue weighted by Crippen LogP contribution is -2.28. The van der Waals surface area contributed by atoms with Crippen LogP contribution in [0, 0.1) is 0 Å². The van der Waals surface area contributed by atoms with E-state index in [1.54, 1.807) is 0 Å². The van der Waals surface area contributed by atoms with Crippen molar-refractivity contribution < 1.29 is 0 Å². The molecule has 0 saturated carbocycles. The van der Waals surface area contributed by atoms with Crippen LogP contribution >= 0.6 is 0 Å². The summed E-state index contributed by atoms with van der Waals surface area (Å²) >= 11 is 0. The van der Waals surface area contributed by atoms with Crippen LogP contribution in [0.25, 0.3) is 38.6 Å². The summed E-state index contributed by atoms with van der Waals surface area (Å²) in [5, 5.41) is 6.22. The van der Waals surface area contributed by atoms with E-state index in [9.17, 15) is 0 Å². The van der Waals surface area contributed by atoms with E-state index in [4.69, 9.17) is 0 Å². The molecule has 0 fully saturated rings. The van der Waals surface area contributed by atoms with Crippen molar-refractivity contribution in [1.82, 2.24) is 4.57 Å². The van der Waals surface area contributed by atoms with Gasteiger partial charge < -0.3 is 9.88 Å². The van der Waals surface area contributed by atoms with E-state index < -0.39 is 0 Å². The summed E-state index contributed by atoms with van der Waals surface area (Å²) in [7, 11) is 0. The zero-order chi connectivity index (χ0) is 29.8. The highest BCUT2D eigenvalue weighted by atomic mass is 15.0. The quantitative estimate of drug-likeness (QED) is 0.216. The average molecular weight is 575 g/mol. The third kappa shape index (κ3) is 3.82. The lowest BCUT2D eigenvalue weighted by Gasteiger charge is -2.34. The third-order valence-corrected chi connectivity index (χ3v) is 9.45. The molecule has 1 aliphatic rings. The van der Waals surface area contributed by atoms with Crippen LogP contribution in [-0.4, -0.2) is 4.57 Å². The molecule has 0 spiro atoms. The van der Waals surface area contributed by atoms with Gasteiger partial charge in [0.15, 0.2) is 0 Å². The number of rotatable bonds is 5. The van der Waals surface area contributed by atoms with Crippen LogP contribution in [0.2, 0.25) is 0 Å². The monoisotopic (exact) mass is 574 g/mol. The van der Waals surface area contributed by atoms with Crippen molar-refractivity contribution in [2.75, 3.05) is 5.32 Å². The van der Waals surface area contributed by atoms with Crippen molar-refractivity contribution in [1.29, 1.82) is 0 Å².